The average Bonchev–Trinajstić information content (AvgIpc) is 2.40. The molecular formula is C14H15ClN2O2. The largest absolute Gasteiger partial charge is 0.378 e. The lowest BCUT2D eigenvalue weighted by Crippen LogP contribution is -2.25. The van der Waals surface area contributed by atoms with Crippen molar-refractivity contribution in [2.45, 2.75) is 31.8 Å². The summed E-state index contributed by atoms with van der Waals surface area (Å²) in [5.74, 6) is -0.148. The third kappa shape index (κ3) is 3.95. The van der Waals surface area contributed by atoms with Crippen LogP contribution in [0.4, 0.5) is 5.69 Å². The minimum atomic E-state index is -0.148. The predicted molar refractivity (Wildman–Crippen MR) is 73.0 cm³/mol. The molecule has 2 rings (SSSR count). The van der Waals surface area contributed by atoms with Gasteiger partial charge in [0.15, 0.2) is 0 Å². The second kappa shape index (κ2) is 6.55. The zero-order valence-electron chi connectivity index (χ0n) is 10.5. The van der Waals surface area contributed by atoms with Crippen LogP contribution in [-0.2, 0) is 9.53 Å². The Hall–Kier alpha value is -1.57. The van der Waals surface area contributed by atoms with E-state index in [1.807, 2.05) is 6.07 Å². The molecule has 19 heavy (non-hydrogen) atoms. The molecule has 0 saturated carbocycles. The summed E-state index contributed by atoms with van der Waals surface area (Å²) in [5, 5.41) is 12.2. The van der Waals surface area contributed by atoms with Gasteiger partial charge in [-0.2, -0.15) is 5.26 Å². The van der Waals surface area contributed by atoms with E-state index >= 15 is 0 Å². The standard InChI is InChI=1S/C14H15ClN2O2/c15-11-5-4-10(9-16)13(7-11)17-14(18)8-12-3-1-2-6-19-12/h4-5,7,12H,1-3,6,8H2,(H,17,18). The Labute approximate surface area is 117 Å². The molecular weight excluding hydrogens is 264 g/mol. The molecule has 1 atom stereocenters. The topological polar surface area (TPSA) is 62.1 Å². The number of amides is 1. The summed E-state index contributed by atoms with van der Waals surface area (Å²) >= 11 is 5.86. The summed E-state index contributed by atoms with van der Waals surface area (Å²) in [7, 11) is 0. The molecule has 1 fully saturated rings. The summed E-state index contributed by atoms with van der Waals surface area (Å²) in [6, 6.07) is 6.83. The van der Waals surface area contributed by atoms with E-state index in [4.69, 9.17) is 21.6 Å². The molecule has 1 unspecified atom stereocenters. The molecule has 1 heterocycles. The molecule has 1 aromatic rings. The highest BCUT2D eigenvalue weighted by Crippen LogP contribution is 2.21. The van der Waals surface area contributed by atoms with Gasteiger partial charge < -0.3 is 10.1 Å². The van der Waals surface area contributed by atoms with Crippen molar-refractivity contribution in [3.63, 3.8) is 0 Å². The molecule has 100 valence electrons. The molecule has 0 aliphatic carbocycles. The number of hydrogen-bond acceptors (Lipinski definition) is 3. The van der Waals surface area contributed by atoms with Gasteiger partial charge in [-0.05, 0) is 37.5 Å². The molecule has 0 bridgehead atoms. The predicted octanol–water partition coefficient (Wildman–Crippen LogP) is 3.11. The number of anilines is 1. The number of hydrogen-bond donors (Lipinski definition) is 1. The van der Waals surface area contributed by atoms with E-state index in [9.17, 15) is 4.79 Å². The molecule has 0 radical (unpaired) electrons. The quantitative estimate of drug-likeness (QED) is 0.924. The molecule has 1 aliphatic heterocycles. The van der Waals surface area contributed by atoms with Crippen molar-refractivity contribution in [2.75, 3.05) is 11.9 Å². The van der Waals surface area contributed by atoms with Crippen LogP contribution in [0, 0.1) is 11.3 Å². The van der Waals surface area contributed by atoms with E-state index in [1.165, 1.54) is 0 Å². The van der Waals surface area contributed by atoms with Crippen molar-refractivity contribution in [1.29, 1.82) is 5.26 Å². The number of rotatable bonds is 3. The highest BCUT2D eigenvalue weighted by atomic mass is 35.5. The molecule has 1 amide bonds. The van der Waals surface area contributed by atoms with E-state index in [1.54, 1.807) is 18.2 Å². The monoisotopic (exact) mass is 278 g/mol. The summed E-state index contributed by atoms with van der Waals surface area (Å²) < 4.78 is 5.51. The summed E-state index contributed by atoms with van der Waals surface area (Å²) in [5.41, 5.74) is 0.859. The first-order valence-corrected chi connectivity index (χ1v) is 6.68. The first-order valence-electron chi connectivity index (χ1n) is 6.30. The smallest absolute Gasteiger partial charge is 0.227 e. The van der Waals surface area contributed by atoms with Gasteiger partial charge in [-0.3, -0.25) is 4.79 Å². The molecule has 1 aromatic carbocycles. The summed E-state index contributed by atoms with van der Waals surface area (Å²) in [4.78, 5) is 11.9. The maximum atomic E-state index is 11.9. The Morgan fingerprint density at radius 1 is 1.53 bits per heavy atom. The lowest BCUT2D eigenvalue weighted by molar-refractivity contribution is -0.119. The number of ether oxygens (including phenoxy) is 1. The van der Waals surface area contributed by atoms with E-state index in [0.717, 1.165) is 25.9 Å². The summed E-state index contributed by atoms with van der Waals surface area (Å²) in [6.45, 7) is 0.721. The van der Waals surface area contributed by atoms with Crippen molar-refractivity contribution in [1.82, 2.24) is 0 Å². The molecule has 0 aromatic heterocycles. The lowest BCUT2D eigenvalue weighted by atomic mass is 10.1. The van der Waals surface area contributed by atoms with Crippen LogP contribution < -0.4 is 5.32 Å². The zero-order chi connectivity index (χ0) is 13.7. The number of benzene rings is 1. The van der Waals surface area contributed by atoms with Gasteiger partial charge in [0.2, 0.25) is 5.91 Å². The van der Waals surface area contributed by atoms with Crippen molar-refractivity contribution in [2.24, 2.45) is 0 Å². The summed E-state index contributed by atoms with van der Waals surface area (Å²) in [6.07, 6.45) is 3.37. The van der Waals surface area contributed by atoms with Gasteiger partial charge in [0.25, 0.3) is 0 Å². The van der Waals surface area contributed by atoms with Crippen LogP contribution in [0.2, 0.25) is 5.02 Å². The first-order chi connectivity index (χ1) is 9.19. The van der Waals surface area contributed by atoms with Crippen LogP contribution in [-0.4, -0.2) is 18.6 Å². The Morgan fingerprint density at radius 3 is 3.05 bits per heavy atom. The van der Waals surface area contributed by atoms with Gasteiger partial charge >= 0.3 is 0 Å². The number of nitriles is 1. The van der Waals surface area contributed by atoms with E-state index in [-0.39, 0.29) is 12.0 Å². The van der Waals surface area contributed by atoms with Gasteiger partial charge in [-0.1, -0.05) is 11.6 Å². The van der Waals surface area contributed by atoms with Gasteiger partial charge in [-0.15, -0.1) is 0 Å². The molecule has 1 saturated heterocycles. The lowest BCUT2D eigenvalue weighted by Gasteiger charge is -2.22. The molecule has 4 nitrogen and oxygen atoms in total. The first kappa shape index (κ1) is 13.9. The van der Waals surface area contributed by atoms with Gasteiger partial charge in [0.1, 0.15) is 6.07 Å². The fourth-order valence-corrected chi connectivity index (χ4v) is 2.27. The minimum absolute atomic E-state index is 0.0153. The maximum Gasteiger partial charge on any atom is 0.227 e. The van der Waals surface area contributed by atoms with Crippen LogP contribution >= 0.6 is 11.6 Å². The normalized spacial score (nSPS) is 18.6. The third-order valence-corrected chi connectivity index (χ3v) is 3.30. The number of nitrogens with one attached hydrogen (secondary N) is 1. The van der Waals surface area contributed by atoms with Gasteiger partial charge in [0, 0.05) is 11.6 Å². The van der Waals surface area contributed by atoms with Crippen molar-refractivity contribution in [3.8, 4) is 6.07 Å². The fourth-order valence-electron chi connectivity index (χ4n) is 2.09. The van der Waals surface area contributed by atoms with Crippen LogP contribution in [0.15, 0.2) is 18.2 Å². The van der Waals surface area contributed by atoms with E-state index in [2.05, 4.69) is 5.32 Å². The Bertz CT molecular complexity index is 505. The van der Waals surface area contributed by atoms with Crippen LogP contribution in [0.5, 0.6) is 0 Å². The van der Waals surface area contributed by atoms with Gasteiger partial charge in [0.05, 0.1) is 23.8 Å². The Balaban J connectivity index is 1.98. The van der Waals surface area contributed by atoms with Crippen LogP contribution in [0.25, 0.3) is 0 Å². The molecule has 5 heteroatoms. The van der Waals surface area contributed by atoms with Crippen molar-refractivity contribution in [3.05, 3.63) is 28.8 Å². The Kier molecular flexibility index (Phi) is 4.78. The molecule has 1 N–H and O–H groups in total. The van der Waals surface area contributed by atoms with E-state index in [0.29, 0.717) is 22.7 Å². The van der Waals surface area contributed by atoms with Crippen LogP contribution in [0.3, 0.4) is 0 Å². The fraction of sp³-hybridized carbons (Fsp3) is 0.429. The average molecular weight is 279 g/mol. The highest BCUT2D eigenvalue weighted by molar-refractivity contribution is 6.31. The highest BCUT2D eigenvalue weighted by Gasteiger charge is 2.18. The Morgan fingerprint density at radius 2 is 2.37 bits per heavy atom. The SMILES string of the molecule is N#Cc1ccc(Cl)cc1NC(=O)CC1CCCCO1. The molecule has 0 spiro atoms. The second-order valence-corrected chi connectivity index (χ2v) is 4.98. The third-order valence-electron chi connectivity index (χ3n) is 3.06. The van der Waals surface area contributed by atoms with Crippen LogP contribution in [0.1, 0.15) is 31.2 Å². The number of carbonyl (C=O) groups excluding carboxylic acids is 1. The zero-order valence-corrected chi connectivity index (χ0v) is 11.2. The maximum absolute atomic E-state index is 11.9. The number of carbonyl (C=O) groups is 1. The van der Waals surface area contributed by atoms with Crippen molar-refractivity contribution < 1.29 is 9.53 Å². The number of halogens is 1. The van der Waals surface area contributed by atoms with E-state index < -0.39 is 0 Å². The van der Waals surface area contributed by atoms with Crippen molar-refractivity contribution >= 4 is 23.2 Å². The van der Waals surface area contributed by atoms with Gasteiger partial charge in [-0.25, -0.2) is 0 Å². The minimum Gasteiger partial charge on any atom is -0.378 e. The molecule has 1 aliphatic rings. The number of nitrogens with zero attached hydrogens (tertiary/aromatic N) is 1. The second-order valence-electron chi connectivity index (χ2n) is 4.54.